The fourth-order valence-electron chi connectivity index (χ4n) is 1.55. The van der Waals surface area contributed by atoms with E-state index in [0.29, 0.717) is 10.0 Å². The van der Waals surface area contributed by atoms with Crippen molar-refractivity contribution >= 4 is 40.7 Å². The zero-order chi connectivity index (χ0) is 14.7. The van der Waals surface area contributed by atoms with Crippen molar-refractivity contribution in [3.8, 4) is 0 Å². The highest BCUT2D eigenvalue weighted by Crippen LogP contribution is 2.31. The van der Waals surface area contributed by atoms with Gasteiger partial charge in [-0.3, -0.25) is 10.1 Å². The van der Waals surface area contributed by atoms with Gasteiger partial charge in [0.1, 0.15) is 0 Å². The predicted octanol–water partition coefficient (Wildman–Crippen LogP) is 5.33. The van der Waals surface area contributed by atoms with Gasteiger partial charge in [0.2, 0.25) is 5.82 Å². The molecular weight excluding hydrogens is 324 g/mol. The fourth-order valence-corrected chi connectivity index (χ4v) is 2.82. The summed E-state index contributed by atoms with van der Waals surface area (Å²) in [4.78, 5) is 10.7. The summed E-state index contributed by atoms with van der Waals surface area (Å²) >= 11 is 13.0. The molecule has 0 N–H and O–H groups in total. The normalized spacial score (nSPS) is 10.6. The van der Waals surface area contributed by atoms with E-state index in [1.54, 1.807) is 18.2 Å². The number of hydrogen-bond acceptors (Lipinski definition) is 3. The highest BCUT2D eigenvalue weighted by molar-refractivity contribution is 7.98. The average molecular weight is 332 g/mol. The summed E-state index contributed by atoms with van der Waals surface area (Å²) in [7, 11) is 0. The average Bonchev–Trinajstić information content (AvgIpc) is 2.41. The predicted molar refractivity (Wildman–Crippen MR) is 79.1 cm³/mol. The molecule has 0 aliphatic rings. The van der Waals surface area contributed by atoms with E-state index in [9.17, 15) is 14.5 Å². The highest BCUT2D eigenvalue weighted by atomic mass is 35.5. The largest absolute Gasteiger partial charge is 0.305 e. The van der Waals surface area contributed by atoms with Crippen LogP contribution in [0.25, 0.3) is 0 Å². The lowest BCUT2D eigenvalue weighted by molar-refractivity contribution is -0.387. The lowest BCUT2D eigenvalue weighted by Crippen LogP contribution is -1.96. The van der Waals surface area contributed by atoms with Crippen molar-refractivity contribution in [2.75, 3.05) is 0 Å². The molecule has 0 aromatic heterocycles. The molecule has 0 heterocycles. The molecule has 0 aliphatic carbocycles. The second kappa shape index (κ2) is 6.43. The van der Waals surface area contributed by atoms with Gasteiger partial charge in [-0.15, -0.1) is 11.8 Å². The van der Waals surface area contributed by atoms with Gasteiger partial charge in [0.25, 0.3) is 0 Å². The third kappa shape index (κ3) is 3.42. The Morgan fingerprint density at radius 3 is 2.60 bits per heavy atom. The van der Waals surface area contributed by atoms with Crippen LogP contribution in [0.1, 0.15) is 5.56 Å². The number of thioether (sulfide) groups is 1. The van der Waals surface area contributed by atoms with Gasteiger partial charge in [-0.1, -0.05) is 35.3 Å². The molecule has 2 aromatic carbocycles. The quantitative estimate of drug-likeness (QED) is 0.432. The monoisotopic (exact) mass is 331 g/mol. The SMILES string of the molecule is O=[N+]([O-])c1cccc(CSc2ccc(Cl)c(Cl)c2)c1F. The first kappa shape index (κ1) is 15.1. The molecule has 0 saturated heterocycles. The molecule has 0 aliphatic heterocycles. The molecule has 0 amide bonds. The Kier molecular flexibility index (Phi) is 4.86. The summed E-state index contributed by atoms with van der Waals surface area (Å²) in [5.41, 5.74) is -0.243. The first-order valence-electron chi connectivity index (χ1n) is 5.48. The highest BCUT2D eigenvalue weighted by Gasteiger charge is 2.17. The standard InChI is InChI=1S/C13H8Cl2FNO2S/c14-10-5-4-9(6-11(10)15)20-7-8-2-1-3-12(13(8)16)17(18)19/h1-6H,7H2. The number of nitro benzene ring substituents is 1. The van der Waals surface area contributed by atoms with Crippen LogP contribution in [0.3, 0.4) is 0 Å². The molecule has 0 radical (unpaired) electrons. The number of halogens is 3. The van der Waals surface area contributed by atoms with Gasteiger partial charge in [0, 0.05) is 22.3 Å². The Morgan fingerprint density at radius 1 is 1.20 bits per heavy atom. The van der Waals surface area contributed by atoms with E-state index in [2.05, 4.69) is 0 Å². The molecule has 2 aromatic rings. The van der Waals surface area contributed by atoms with Crippen molar-refractivity contribution in [1.82, 2.24) is 0 Å². The molecule has 2 rings (SSSR count). The maximum Gasteiger partial charge on any atom is 0.305 e. The molecule has 0 spiro atoms. The fraction of sp³-hybridized carbons (Fsp3) is 0.0769. The topological polar surface area (TPSA) is 43.1 Å². The molecule has 104 valence electrons. The van der Waals surface area contributed by atoms with Gasteiger partial charge < -0.3 is 0 Å². The van der Waals surface area contributed by atoms with Crippen LogP contribution in [0.15, 0.2) is 41.3 Å². The number of rotatable bonds is 4. The minimum Gasteiger partial charge on any atom is -0.258 e. The van der Waals surface area contributed by atoms with Crippen LogP contribution in [0.4, 0.5) is 10.1 Å². The number of benzene rings is 2. The van der Waals surface area contributed by atoms with Crippen molar-refractivity contribution in [3.05, 3.63) is 67.9 Å². The Morgan fingerprint density at radius 2 is 1.95 bits per heavy atom. The second-order valence-electron chi connectivity index (χ2n) is 3.87. The van der Waals surface area contributed by atoms with E-state index in [1.165, 1.54) is 23.9 Å². The van der Waals surface area contributed by atoms with E-state index in [4.69, 9.17) is 23.2 Å². The van der Waals surface area contributed by atoms with Gasteiger partial charge in [-0.25, -0.2) is 0 Å². The van der Waals surface area contributed by atoms with E-state index >= 15 is 0 Å². The Labute approximate surface area is 128 Å². The Hall–Kier alpha value is -1.30. The molecule has 7 heteroatoms. The molecule has 0 bridgehead atoms. The van der Waals surface area contributed by atoms with Crippen LogP contribution in [-0.4, -0.2) is 4.92 Å². The van der Waals surface area contributed by atoms with Gasteiger partial charge in [-0.05, 0) is 18.2 Å². The molecule has 0 atom stereocenters. The lowest BCUT2D eigenvalue weighted by atomic mass is 10.2. The summed E-state index contributed by atoms with van der Waals surface area (Å²) < 4.78 is 13.9. The molecule has 20 heavy (non-hydrogen) atoms. The summed E-state index contributed by atoms with van der Waals surface area (Å²) in [5.74, 6) is -0.532. The van der Waals surface area contributed by atoms with Gasteiger partial charge in [0.05, 0.1) is 15.0 Å². The minimum absolute atomic E-state index is 0.269. The second-order valence-corrected chi connectivity index (χ2v) is 5.74. The number of nitrogens with zero attached hydrogens (tertiary/aromatic N) is 1. The summed E-state index contributed by atoms with van der Waals surface area (Å²) in [5, 5.41) is 11.5. The maximum absolute atomic E-state index is 13.9. The summed E-state index contributed by atoms with van der Waals surface area (Å²) in [6.07, 6.45) is 0. The van der Waals surface area contributed by atoms with Gasteiger partial charge in [-0.2, -0.15) is 4.39 Å². The van der Waals surface area contributed by atoms with Crippen molar-refractivity contribution < 1.29 is 9.31 Å². The van der Waals surface area contributed by atoms with Crippen LogP contribution < -0.4 is 0 Å². The Bertz CT molecular complexity index is 667. The van der Waals surface area contributed by atoms with E-state index in [1.807, 2.05) is 0 Å². The van der Waals surface area contributed by atoms with E-state index < -0.39 is 16.4 Å². The van der Waals surface area contributed by atoms with Crippen LogP contribution in [-0.2, 0) is 5.75 Å². The van der Waals surface area contributed by atoms with E-state index in [0.717, 1.165) is 11.0 Å². The van der Waals surface area contributed by atoms with Crippen molar-refractivity contribution in [3.63, 3.8) is 0 Å². The zero-order valence-corrected chi connectivity index (χ0v) is 12.3. The molecule has 0 unspecified atom stereocenters. The van der Waals surface area contributed by atoms with E-state index in [-0.39, 0.29) is 11.3 Å². The van der Waals surface area contributed by atoms with Crippen LogP contribution in [0, 0.1) is 15.9 Å². The lowest BCUT2D eigenvalue weighted by Gasteiger charge is -2.05. The van der Waals surface area contributed by atoms with Gasteiger partial charge in [0.15, 0.2) is 0 Å². The first-order valence-corrected chi connectivity index (χ1v) is 7.23. The smallest absolute Gasteiger partial charge is 0.258 e. The third-order valence-corrected chi connectivity index (χ3v) is 4.32. The van der Waals surface area contributed by atoms with Crippen molar-refractivity contribution in [2.24, 2.45) is 0 Å². The van der Waals surface area contributed by atoms with Gasteiger partial charge >= 0.3 is 5.69 Å². The van der Waals surface area contributed by atoms with Crippen molar-refractivity contribution in [2.45, 2.75) is 10.6 Å². The zero-order valence-electron chi connectivity index (χ0n) is 9.98. The first-order chi connectivity index (χ1) is 9.49. The van der Waals surface area contributed by atoms with Crippen LogP contribution in [0.5, 0.6) is 0 Å². The number of nitro groups is 1. The third-order valence-electron chi connectivity index (χ3n) is 2.54. The molecule has 0 fully saturated rings. The number of hydrogen-bond donors (Lipinski definition) is 0. The summed E-state index contributed by atoms with van der Waals surface area (Å²) in [6.45, 7) is 0. The molecule has 3 nitrogen and oxygen atoms in total. The van der Waals surface area contributed by atoms with Crippen LogP contribution >= 0.6 is 35.0 Å². The molecular formula is C13H8Cl2FNO2S. The summed E-state index contributed by atoms with van der Waals surface area (Å²) in [6, 6.07) is 9.20. The Balaban J connectivity index is 2.17. The minimum atomic E-state index is -0.801. The maximum atomic E-state index is 13.9. The molecule has 0 saturated carbocycles. The van der Waals surface area contributed by atoms with Crippen molar-refractivity contribution in [1.29, 1.82) is 0 Å². The van der Waals surface area contributed by atoms with Crippen LogP contribution in [0.2, 0.25) is 10.0 Å².